The van der Waals surface area contributed by atoms with E-state index in [1.165, 1.54) is 32.2 Å². The molecular weight excluding hydrogens is 216 g/mol. The molecule has 2 nitrogen and oxygen atoms in total. The Bertz CT molecular complexity index is 183. The third-order valence-corrected chi connectivity index (χ3v) is 3.39. The predicted octanol–water partition coefficient (Wildman–Crippen LogP) is 3.20. The minimum absolute atomic E-state index is 0.639. The fraction of sp³-hybridized carbons (Fsp3) is 0.923. The van der Waals surface area contributed by atoms with Crippen LogP contribution in [0.2, 0.25) is 0 Å². The largest absolute Gasteiger partial charge is 0.393 e. The summed E-state index contributed by atoms with van der Waals surface area (Å²) >= 11 is 4.92. The van der Waals surface area contributed by atoms with Crippen LogP contribution in [-0.4, -0.2) is 29.5 Å². The van der Waals surface area contributed by atoms with Crippen LogP contribution in [0, 0.1) is 5.92 Å². The third kappa shape index (κ3) is 8.05. The van der Waals surface area contributed by atoms with Crippen LogP contribution < -0.4 is 5.73 Å². The van der Waals surface area contributed by atoms with Gasteiger partial charge < -0.3 is 10.6 Å². The van der Waals surface area contributed by atoms with Crippen LogP contribution >= 0.6 is 12.2 Å². The maximum absolute atomic E-state index is 5.54. The molecule has 0 bridgehead atoms. The molecule has 2 N–H and O–H groups in total. The van der Waals surface area contributed by atoms with E-state index in [-0.39, 0.29) is 0 Å². The van der Waals surface area contributed by atoms with E-state index in [0.717, 1.165) is 25.4 Å². The zero-order valence-corrected chi connectivity index (χ0v) is 12.0. The fourth-order valence-electron chi connectivity index (χ4n) is 1.93. The Morgan fingerprint density at radius 3 is 2.44 bits per heavy atom. The van der Waals surface area contributed by atoms with Crippen LogP contribution in [0.1, 0.15) is 52.9 Å². The highest BCUT2D eigenvalue weighted by molar-refractivity contribution is 7.80. The molecule has 0 amide bonds. The Morgan fingerprint density at radius 1 is 1.31 bits per heavy atom. The molecular formula is C13H28N2S. The van der Waals surface area contributed by atoms with Crippen LogP contribution in [0.4, 0.5) is 0 Å². The highest BCUT2D eigenvalue weighted by atomic mass is 32.1. The fourth-order valence-corrected chi connectivity index (χ4v) is 2.02. The Morgan fingerprint density at radius 2 is 2.00 bits per heavy atom. The van der Waals surface area contributed by atoms with E-state index < -0.39 is 0 Å². The zero-order chi connectivity index (χ0) is 12.4. The van der Waals surface area contributed by atoms with Crippen molar-refractivity contribution in [3.8, 4) is 0 Å². The van der Waals surface area contributed by atoms with E-state index in [2.05, 4.69) is 25.7 Å². The molecule has 96 valence electrons. The average Bonchev–Trinajstić information content (AvgIpc) is 2.28. The number of nitrogens with two attached hydrogens (primary N) is 1. The molecule has 1 unspecified atom stereocenters. The van der Waals surface area contributed by atoms with E-state index in [9.17, 15) is 0 Å². The van der Waals surface area contributed by atoms with Gasteiger partial charge in [0.25, 0.3) is 0 Å². The highest BCUT2D eigenvalue weighted by Gasteiger charge is 2.11. The Balaban J connectivity index is 3.90. The van der Waals surface area contributed by atoms with E-state index in [1.54, 1.807) is 0 Å². The van der Waals surface area contributed by atoms with Crippen LogP contribution in [0.5, 0.6) is 0 Å². The Hall–Kier alpha value is -0.150. The van der Waals surface area contributed by atoms with Crippen LogP contribution in [0.25, 0.3) is 0 Å². The van der Waals surface area contributed by atoms with Crippen LogP contribution in [-0.2, 0) is 0 Å². The molecule has 0 aliphatic heterocycles. The minimum Gasteiger partial charge on any atom is -0.393 e. The topological polar surface area (TPSA) is 29.3 Å². The summed E-state index contributed by atoms with van der Waals surface area (Å²) in [6, 6.07) is 0. The van der Waals surface area contributed by atoms with Crippen molar-refractivity contribution in [3.63, 3.8) is 0 Å². The molecule has 1 atom stereocenters. The number of hydrogen-bond donors (Lipinski definition) is 1. The first-order chi connectivity index (χ1) is 7.63. The molecule has 0 saturated carbocycles. The lowest BCUT2D eigenvalue weighted by atomic mass is 9.98. The summed E-state index contributed by atoms with van der Waals surface area (Å²) in [6.45, 7) is 10.1. The number of nitrogens with zero attached hydrogens (tertiary/aromatic N) is 1. The van der Waals surface area contributed by atoms with Gasteiger partial charge in [-0.1, -0.05) is 52.3 Å². The summed E-state index contributed by atoms with van der Waals surface area (Å²) in [7, 11) is 0. The summed E-state index contributed by atoms with van der Waals surface area (Å²) in [5.74, 6) is 0.839. The summed E-state index contributed by atoms with van der Waals surface area (Å²) in [5.41, 5.74) is 5.54. The molecule has 0 saturated heterocycles. The van der Waals surface area contributed by atoms with Gasteiger partial charge >= 0.3 is 0 Å². The van der Waals surface area contributed by atoms with Gasteiger partial charge in [0.05, 0.1) is 4.99 Å². The lowest BCUT2D eigenvalue weighted by molar-refractivity contribution is 0.233. The van der Waals surface area contributed by atoms with Crippen LogP contribution in [0.3, 0.4) is 0 Å². The second kappa shape index (κ2) is 10.0. The standard InChI is InChI=1S/C13H28N2S/c1-4-7-8-12(5-2)11-15(6-3)10-9-13(14)16/h12H,4-11H2,1-3H3,(H2,14,16). The summed E-state index contributed by atoms with van der Waals surface area (Å²) < 4.78 is 0. The maximum Gasteiger partial charge on any atom is 0.0740 e. The molecule has 0 aliphatic carbocycles. The highest BCUT2D eigenvalue weighted by Crippen LogP contribution is 2.14. The van der Waals surface area contributed by atoms with Crippen molar-refractivity contribution in [3.05, 3.63) is 0 Å². The molecule has 0 aliphatic rings. The monoisotopic (exact) mass is 244 g/mol. The number of hydrogen-bond acceptors (Lipinski definition) is 2. The lowest BCUT2D eigenvalue weighted by Gasteiger charge is -2.25. The minimum atomic E-state index is 0.639. The van der Waals surface area contributed by atoms with Gasteiger partial charge in [0, 0.05) is 19.5 Å². The molecule has 0 aromatic carbocycles. The summed E-state index contributed by atoms with van der Waals surface area (Å²) in [6.07, 6.45) is 6.15. The van der Waals surface area contributed by atoms with E-state index >= 15 is 0 Å². The molecule has 0 radical (unpaired) electrons. The number of thiocarbonyl (C=S) groups is 1. The molecule has 0 aromatic heterocycles. The first-order valence-corrected chi connectivity index (χ1v) is 7.05. The smallest absolute Gasteiger partial charge is 0.0740 e. The predicted molar refractivity (Wildman–Crippen MR) is 76.8 cm³/mol. The molecule has 3 heteroatoms. The molecule has 0 rings (SSSR count). The summed E-state index contributed by atoms with van der Waals surface area (Å²) in [4.78, 5) is 3.11. The zero-order valence-electron chi connectivity index (χ0n) is 11.2. The second-order valence-corrected chi connectivity index (χ2v) is 5.05. The van der Waals surface area contributed by atoms with Crippen molar-refractivity contribution in [1.29, 1.82) is 0 Å². The van der Waals surface area contributed by atoms with Crippen molar-refractivity contribution in [2.75, 3.05) is 19.6 Å². The number of unbranched alkanes of at least 4 members (excludes halogenated alkanes) is 1. The third-order valence-electron chi connectivity index (χ3n) is 3.18. The van der Waals surface area contributed by atoms with Crippen molar-refractivity contribution in [2.45, 2.75) is 52.9 Å². The van der Waals surface area contributed by atoms with Crippen molar-refractivity contribution in [1.82, 2.24) is 4.90 Å². The second-order valence-electron chi connectivity index (χ2n) is 4.53. The van der Waals surface area contributed by atoms with Gasteiger partial charge in [-0.25, -0.2) is 0 Å². The Kier molecular flexibility index (Phi) is 9.94. The van der Waals surface area contributed by atoms with Crippen LogP contribution in [0.15, 0.2) is 0 Å². The first-order valence-electron chi connectivity index (χ1n) is 6.64. The van der Waals surface area contributed by atoms with Crippen molar-refractivity contribution >= 4 is 17.2 Å². The van der Waals surface area contributed by atoms with Gasteiger partial charge in [0.1, 0.15) is 0 Å². The van der Waals surface area contributed by atoms with E-state index in [0.29, 0.717) is 4.99 Å². The molecule has 0 heterocycles. The van der Waals surface area contributed by atoms with Gasteiger partial charge in [-0.2, -0.15) is 0 Å². The van der Waals surface area contributed by atoms with E-state index in [4.69, 9.17) is 18.0 Å². The molecule has 0 fully saturated rings. The van der Waals surface area contributed by atoms with Gasteiger partial charge in [0.15, 0.2) is 0 Å². The SMILES string of the molecule is CCCCC(CC)CN(CC)CCC(N)=S. The Labute approximate surface area is 107 Å². The maximum atomic E-state index is 5.54. The van der Waals surface area contributed by atoms with Gasteiger partial charge in [-0.3, -0.25) is 0 Å². The van der Waals surface area contributed by atoms with Gasteiger partial charge in [-0.15, -0.1) is 0 Å². The van der Waals surface area contributed by atoms with Crippen molar-refractivity contribution < 1.29 is 0 Å². The molecule has 16 heavy (non-hydrogen) atoms. The molecule has 0 spiro atoms. The molecule has 0 aromatic rings. The quantitative estimate of drug-likeness (QED) is 0.598. The van der Waals surface area contributed by atoms with Gasteiger partial charge in [0.2, 0.25) is 0 Å². The summed E-state index contributed by atoms with van der Waals surface area (Å²) in [5, 5.41) is 0. The van der Waals surface area contributed by atoms with Crippen molar-refractivity contribution in [2.24, 2.45) is 11.7 Å². The lowest BCUT2D eigenvalue weighted by Crippen LogP contribution is -2.32. The van der Waals surface area contributed by atoms with E-state index in [1.807, 2.05) is 0 Å². The number of rotatable bonds is 10. The average molecular weight is 244 g/mol. The first kappa shape index (κ1) is 15.9. The van der Waals surface area contributed by atoms with Gasteiger partial charge in [-0.05, 0) is 18.9 Å². The normalized spacial score (nSPS) is 13.0.